The molecule has 1 aliphatic rings. The van der Waals surface area contributed by atoms with Crippen molar-refractivity contribution >= 4 is 24.2 Å². The SMILES string of the molecule is CC1(C)OB(c2ccc(Cl)c(C(F)(F)F)c2F)OC1(C)C. The third-order valence-corrected chi connectivity index (χ3v) is 4.23. The Labute approximate surface area is 125 Å². The molecule has 0 spiro atoms. The van der Waals surface area contributed by atoms with Crippen molar-refractivity contribution in [2.24, 2.45) is 0 Å². The zero-order chi connectivity index (χ0) is 16.2. The summed E-state index contributed by atoms with van der Waals surface area (Å²) in [7, 11) is -1.21. The maximum atomic E-state index is 14.2. The fourth-order valence-corrected chi connectivity index (χ4v) is 2.23. The van der Waals surface area contributed by atoms with Crippen LogP contribution in [0.5, 0.6) is 0 Å². The van der Waals surface area contributed by atoms with E-state index in [-0.39, 0.29) is 5.46 Å². The number of halogens is 5. The average molecular weight is 325 g/mol. The monoisotopic (exact) mass is 324 g/mol. The van der Waals surface area contributed by atoms with E-state index < -0.39 is 40.9 Å². The van der Waals surface area contributed by atoms with E-state index >= 15 is 0 Å². The topological polar surface area (TPSA) is 18.5 Å². The van der Waals surface area contributed by atoms with Gasteiger partial charge in [-0.15, -0.1) is 0 Å². The second kappa shape index (κ2) is 4.86. The molecule has 0 atom stereocenters. The maximum Gasteiger partial charge on any atom is 0.497 e. The molecular weight excluding hydrogens is 310 g/mol. The van der Waals surface area contributed by atoms with Crippen molar-refractivity contribution in [2.45, 2.75) is 45.1 Å². The van der Waals surface area contributed by atoms with Crippen LogP contribution in [0.4, 0.5) is 17.6 Å². The highest BCUT2D eigenvalue weighted by Crippen LogP contribution is 2.39. The highest BCUT2D eigenvalue weighted by Gasteiger charge is 2.53. The Morgan fingerprint density at radius 1 is 1.05 bits per heavy atom. The summed E-state index contributed by atoms with van der Waals surface area (Å²) >= 11 is 5.46. The van der Waals surface area contributed by atoms with Gasteiger partial charge in [0.15, 0.2) is 0 Å². The Bertz CT molecular complexity index is 556. The van der Waals surface area contributed by atoms with E-state index in [1.807, 2.05) is 0 Å². The van der Waals surface area contributed by atoms with E-state index in [1.54, 1.807) is 27.7 Å². The lowest BCUT2D eigenvalue weighted by atomic mass is 9.77. The zero-order valence-electron chi connectivity index (χ0n) is 11.9. The first-order valence-electron chi connectivity index (χ1n) is 6.27. The normalized spacial score (nSPS) is 20.9. The van der Waals surface area contributed by atoms with Crippen LogP contribution in [0.15, 0.2) is 12.1 Å². The molecule has 21 heavy (non-hydrogen) atoms. The largest absolute Gasteiger partial charge is 0.497 e. The van der Waals surface area contributed by atoms with Gasteiger partial charge in [-0.3, -0.25) is 0 Å². The Balaban J connectivity index is 2.49. The van der Waals surface area contributed by atoms with Crippen molar-refractivity contribution in [3.8, 4) is 0 Å². The molecule has 2 rings (SSSR count). The average Bonchev–Trinajstić information content (AvgIpc) is 2.45. The highest BCUT2D eigenvalue weighted by molar-refractivity contribution is 6.62. The molecule has 8 heteroatoms. The van der Waals surface area contributed by atoms with Crippen LogP contribution in [0, 0.1) is 5.82 Å². The molecule has 0 aromatic heterocycles. The maximum absolute atomic E-state index is 14.2. The molecule has 1 fully saturated rings. The molecular formula is C13H14BClF4O2. The molecule has 1 aliphatic heterocycles. The van der Waals surface area contributed by atoms with Crippen LogP contribution in [-0.2, 0) is 15.5 Å². The minimum absolute atomic E-state index is 0.314. The lowest BCUT2D eigenvalue weighted by molar-refractivity contribution is -0.139. The molecule has 2 nitrogen and oxygen atoms in total. The summed E-state index contributed by atoms with van der Waals surface area (Å²) in [5.74, 6) is -1.46. The van der Waals surface area contributed by atoms with Gasteiger partial charge in [0.25, 0.3) is 0 Å². The summed E-state index contributed by atoms with van der Waals surface area (Å²) in [4.78, 5) is 0. The smallest absolute Gasteiger partial charge is 0.399 e. The number of rotatable bonds is 1. The summed E-state index contributed by atoms with van der Waals surface area (Å²) in [5, 5.41) is -0.694. The number of benzene rings is 1. The van der Waals surface area contributed by atoms with Crippen molar-refractivity contribution in [1.29, 1.82) is 0 Å². The second-order valence-electron chi connectivity index (χ2n) is 5.91. The molecule has 0 saturated carbocycles. The van der Waals surface area contributed by atoms with Gasteiger partial charge in [0.2, 0.25) is 0 Å². The van der Waals surface area contributed by atoms with Crippen molar-refractivity contribution in [1.82, 2.24) is 0 Å². The Morgan fingerprint density at radius 3 is 1.95 bits per heavy atom. The summed E-state index contributed by atoms with van der Waals surface area (Å²) in [5.41, 5.74) is -3.37. The van der Waals surface area contributed by atoms with E-state index in [9.17, 15) is 17.6 Å². The molecule has 0 amide bonds. The Kier molecular flexibility index (Phi) is 3.84. The standard InChI is InChI=1S/C13H14BClF4O2/c1-11(2)12(3,4)21-14(20-11)7-5-6-8(15)9(10(7)16)13(17,18)19/h5-6H,1-4H3. The second-order valence-corrected chi connectivity index (χ2v) is 6.32. The quantitative estimate of drug-likeness (QED) is 0.578. The van der Waals surface area contributed by atoms with Crippen LogP contribution in [0.2, 0.25) is 5.02 Å². The summed E-state index contributed by atoms with van der Waals surface area (Å²) < 4.78 is 64.0. The molecule has 0 radical (unpaired) electrons. The zero-order valence-corrected chi connectivity index (χ0v) is 12.7. The van der Waals surface area contributed by atoms with E-state index in [4.69, 9.17) is 20.9 Å². The van der Waals surface area contributed by atoms with E-state index in [1.165, 1.54) is 0 Å². The van der Waals surface area contributed by atoms with Gasteiger partial charge in [0.05, 0.1) is 16.2 Å². The van der Waals surface area contributed by atoms with Crippen molar-refractivity contribution in [3.63, 3.8) is 0 Å². The first-order chi connectivity index (χ1) is 9.37. The summed E-state index contributed by atoms with van der Waals surface area (Å²) in [6.07, 6.45) is -4.89. The predicted molar refractivity (Wildman–Crippen MR) is 72.1 cm³/mol. The Morgan fingerprint density at radius 2 is 1.52 bits per heavy atom. The molecule has 0 N–H and O–H groups in total. The Hall–Kier alpha value is -0.785. The van der Waals surface area contributed by atoms with Gasteiger partial charge < -0.3 is 9.31 Å². The predicted octanol–water partition coefficient (Wildman–Crippen LogP) is 3.80. The van der Waals surface area contributed by atoms with Crippen LogP contribution >= 0.6 is 11.6 Å². The van der Waals surface area contributed by atoms with Crippen molar-refractivity contribution < 1.29 is 26.9 Å². The van der Waals surface area contributed by atoms with Gasteiger partial charge in [-0.25, -0.2) is 4.39 Å². The minimum Gasteiger partial charge on any atom is -0.399 e. The van der Waals surface area contributed by atoms with Crippen molar-refractivity contribution in [2.75, 3.05) is 0 Å². The van der Waals surface area contributed by atoms with E-state index in [0.717, 1.165) is 12.1 Å². The van der Waals surface area contributed by atoms with Gasteiger partial charge >= 0.3 is 13.3 Å². The first-order valence-corrected chi connectivity index (χ1v) is 6.65. The van der Waals surface area contributed by atoms with Gasteiger partial charge in [-0.2, -0.15) is 13.2 Å². The number of hydrogen-bond donors (Lipinski definition) is 0. The molecule has 1 heterocycles. The van der Waals surface area contributed by atoms with Gasteiger partial charge in [-0.05, 0) is 33.8 Å². The van der Waals surface area contributed by atoms with Crippen molar-refractivity contribution in [3.05, 3.63) is 28.5 Å². The lowest BCUT2D eigenvalue weighted by Gasteiger charge is -2.32. The molecule has 116 valence electrons. The molecule has 1 saturated heterocycles. The lowest BCUT2D eigenvalue weighted by Crippen LogP contribution is -2.41. The molecule has 0 aliphatic carbocycles. The van der Waals surface area contributed by atoms with Crippen LogP contribution in [0.1, 0.15) is 33.3 Å². The third kappa shape index (κ3) is 2.79. The van der Waals surface area contributed by atoms with E-state index in [0.29, 0.717) is 0 Å². The first kappa shape index (κ1) is 16.6. The summed E-state index contributed by atoms with van der Waals surface area (Å²) in [6, 6.07) is 2.14. The number of hydrogen-bond acceptors (Lipinski definition) is 2. The fourth-order valence-electron chi connectivity index (χ4n) is 1.98. The molecule has 1 aromatic carbocycles. The molecule has 0 unspecified atom stereocenters. The highest BCUT2D eigenvalue weighted by atomic mass is 35.5. The van der Waals surface area contributed by atoms with Gasteiger partial charge in [0, 0.05) is 5.46 Å². The van der Waals surface area contributed by atoms with Crippen LogP contribution in [0.25, 0.3) is 0 Å². The minimum atomic E-state index is -4.89. The van der Waals surface area contributed by atoms with Crippen LogP contribution in [-0.4, -0.2) is 18.3 Å². The van der Waals surface area contributed by atoms with Crippen LogP contribution < -0.4 is 5.46 Å². The summed E-state index contributed by atoms with van der Waals surface area (Å²) in [6.45, 7) is 6.91. The van der Waals surface area contributed by atoms with Gasteiger partial charge in [-0.1, -0.05) is 17.7 Å². The molecule has 0 bridgehead atoms. The number of alkyl halides is 3. The van der Waals surface area contributed by atoms with Gasteiger partial charge in [0.1, 0.15) is 11.4 Å². The molecule has 1 aromatic rings. The fraction of sp³-hybridized carbons (Fsp3) is 0.538. The van der Waals surface area contributed by atoms with Crippen LogP contribution in [0.3, 0.4) is 0 Å². The third-order valence-electron chi connectivity index (χ3n) is 3.91. The van der Waals surface area contributed by atoms with E-state index in [2.05, 4.69) is 0 Å².